The summed E-state index contributed by atoms with van der Waals surface area (Å²) in [4.78, 5) is 11.0. The number of hydrogen-bond acceptors (Lipinski definition) is 2. The minimum atomic E-state index is -0.0891. The number of allylic oxidation sites excluding steroid dienone is 10. The lowest BCUT2D eigenvalue weighted by molar-refractivity contribution is -0.140. The van der Waals surface area contributed by atoms with Crippen molar-refractivity contribution >= 4 is 5.97 Å². The zero-order chi connectivity index (χ0) is 19.8. The van der Waals surface area contributed by atoms with Crippen LogP contribution >= 0.6 is 0 Å². The van der Waals surface area contributed by atoms with Gasteiger partial charge in [-0.15, -0.1) is 0 Å². The van der Waals surface area contributed by atoms with Gasteiger partial charge >= 0.3 is 5.97 Å². The van der Waals surface area contributed by atoms with Crippen molar-refractivity contribution in [3.8, 4) is 0 Å². The summed E-state index contributed by atoms with van der Waals surface area (Å²) in [6.07, 6.45) is 35.0. The van der Waals surface area contributed by atoms with Gasteiger partial charge in [0, 0.05) is 6.42 Å². The third-order valence-electron chi connectivity index (χ3n) is 4.14. The van der Waals surface area contributed by atoms with Gasteiger partial charge in [0.25, 0.3) is 0 Å². The van der Waals surface area contributed by atoms with Crippen molar-refractivity contribution < 1.29 is 9.53 Å². The van der Waals surface area contributed by atoms with Crippen molar-refractivity contribution in [3.63, 3.8) is 0 Å². The molecule has 0 amide bonds. The molecule has 0 N–H and O–H groups in total. The van der Waals surface area contributed by atoms with Crippen LogP contribution in [0.4, 0.5) is 0 Å². The van der Waals surface area contributed by atoms with Crippen LogP contribution in [0.5, 0.6) is 0 Å². The molecule has 0 radical (unpaired) electrons. The topological polar surface area (TPSA) is 26.3 Å². The Morgan fingerprint density at radius 1 is 0.630 bits per heavy atom. The van der Waals surface area contributed by atoms with Gasteiger partial charge < -0.3 is 4.74 Å². The van der Waals surface area contributed by atoms with E-state index in [4.69, 9.17) is 0 Å². The molecule has 0 bridgehead atoms. The SMILES string of the molecule is CCC=CCC=CCC=CCC=CC/C=C\CCCCCCCC(=O)OC. The van der Waals surface area contributed by atoms with Gasteiger partial charge in [-0.25, -0.2) is 0 Å². The standard InChI is InChI=1S/C25H40O2/c1-3-4-5-6-7-8-9-10-11-12-13-14-15-16-17-18-19-20-21-22-23-24-25(26)27-2/h4-5,7-8,10-11,13-14,16-17H,3,6,9,12,15,18-24H2,1-2H3/b5-4?,8-7?,11-10?,14-13?,17-16-. The fourth-order valence-corrected chi connectivity index (χ4v) is 2.53. The van der Waals surface area contributed by atoms with E-state index in [1.54, 1.807) is 0 Å². The number of ether oxygens (including phenoxy) is 1. The van der Waals surface area contributed by atoms with Crippen molar-refractivity contribution in [2.75, 3.05) is 7.11 Å². The summed E-state index contributed by atoms with van der Waals surface area (Å²) in [5.41, 5.74) is 0. The number of unbranched alkanes of at least 4 members (excludes halogenated alkanes) is 5. The highest BCUT2D eigenvalue weighted by Gasteiger charge is 1.98. The quantitative estimate of drug-likeness (QED) is 0.149. The molecule has 0 aromatic heterocycles. The maximum atomic E-state index is 11.0. The molecule has 0 unspecified atom stereocenters. The number of esters is 1. The Morgan fingerprint density at radius 2 is 1.07 bits per heavy atom. The van der Waals surface area contributed by atoms with Gasteiger partial charge in [-0.3, -0.25) is 4.79 Å². The van der Waals surface area contributed by atoms with Crippen LogP contribution in [-0.4, -0.2) is 13.1 Å². The Labute approximate surface area is 167 Å². The van der Waals surface area contributed by atoms with E-state index in [9.17, 15) is 4.79 Å². The van der Waals surface area contributed by atoms with Crippen molar-refractivity contribution in [2.24, 2.45) is 0 Å². The van der Waals surface area contributed by atoms with E-state index in [0.717, 1.165) is 51.4 Å². The zero-order valence-electron chi connectivity index (χ0n) is 17.6. The summed E-state index contributed by atoms with van der Waals surface area (Å²) < 4.78 is 4.63. The molecule has 0 aromatic carbocycles. The molecule has 0 aromatic rings. The number of methoxy groups -OCH3 is 1. The van der Waals surface area contributed by atoms with Gasteiger partial charge in [0.1, 0.15) is 0 Å². The Balaban J connectivity index is 3.39. The highest BCUT2D eigenvalue weighted by Crippen LogP contribution is 2.08. The van der Waals surface area contributed by atoms with Crippen LogP contribution in [-0.2, 0) is 9.53 Å². The Morgan fingerprint density at radius 3 is 1.59 bits per heavy atom. The first-order chi connectivity index (χ1) is 13.3. The third kappa shape index (κ3) is 22.1. The maximum Gasteiger partial charge on any atom is 0.305 e. The number of hydrogen-bond donors (Lipinski definition) is 0. The zero-order valence-corrected chi connectivity index (χ0v) is 17.6. The monoisotopic (exact) mass is 372 g/mol. The fourth-order valence-electron chi connectivity index (χ4n) is 2.53. The van der Waals surface area contributed by atoms with Crippen LogP contribution in [0.3, 0.4) is 0 Å². The molecule has 0 spiro atoms. The van der Waals surface area contributed by atoms with Crippen molar-refractivity contribution in [2.45, 2.75) is 84.0 Å². The average molecular weight is 373 g/mol. The lowest BCUT2D eigenvalue weighted by Gasteiger charge is -1.99. The van der Waals surface area contributed by atoms with Gasteiger partial charge in [-0.2, -0.15) is 0 Å². The van der Waals surface area contributed by atoms with E-state index in [1.165, 1.54) is 26.4 Å². The molecule has 0 aliphatic carbocycles. The molecule has 0 heterocycles. The summed E-state index contributed by atoms with van der Waals surface area (Å²) in [6.45, 7) is 2.16. The summed E-state index contributed by atoms with van der Waals surface area (Å²) in [7, 11) is 1.45. The van der Waals surface area contributed by atoms with Crippen LogP contribution in [0.1, 0.15) is 84.0 Å². The van der Waals surface area contributed by atoms with Crippen LogP contribution < -0.4 is 0 Å². The van der Waals surface area contributed by atoms with Crippen LogP contribution in [0.2, 0.25) is 0 Å². The Bertz CT molecular complexity index is 467. The average Bonchev–Trinajstić information content (AvgIpc) is 2.68. The predicted molar refractivity (Wildman–Crippen MR) is 119 cm³/mol. The maximum absolute atomic E-state index is 11.0. The Hall–Kier alpha value is -1.83. The molecule has 152 valence electrons. The summed E-state index contributed by atoms with van der Waals surface area (Å²) in [6, 6.07) is 0. The first-order valence-electron chi connectivity index (χ1n) is 10.6. The van der Waals surface area contributed by atoms with Gasteiger partial charge in [0.2, 0.25) is 0 Å². The van der Waals surface area contributed by atoms with Crippen molar-refractivity contribution in [1.29, 1.82) is 0 Å². The third-order valence-corrected chi connectivity index (χ3v) is 4.14. The van der Waals surface area contributed by atoms with Crippen LogP contribution in [0, 0.1) is 0 Å². The minimum absolute atomic E-state index is 0.0891. The van der Waals surface area contributed by atoms with Crippen LogP contribution in [0.15, 0.2) is 60.8 Å². The molecule has 0 saturated heterocycles. The molecule has 0 aliphatic rings. The van der Waals surface area contributed by atoms with Crippen molar-refractivity contribution in [1.82, 2.24) is 0 Å². The van der Waals surface area contributed by atoms with Gasteiger partial charge in [-0.05, 0) is 51.4 Å². The molecule has 0 rings (SSSR count). The first kappa shape index (κ1) is 25.2. The van der Waals surface area contributed by atoms with Crippen LogP contribution in [0.25, 0.3) is 0 Å². The van der Waals surface area contributed by atoms with E-state index in [2.05, 4.69) is 72.4 Å². The second kappa shape index (κ2) is 22.2. The number of carbonyl (C=O) groups excluding carboxylic acids is 1. The van der Waals surface area contributed by atoms with Gasteiger partial charge in [0.15, 0.2) is 0 Å². The normalized spacial score (nSPS) is 12.5. The van der Waals surface area contributed by atoms with Crippen molar-refractivity contribution in [3.05, 3.63) is 60.8 Å². The largest absolute Gasteiger partial charge is 0.469 e. The fraction of sp³-hybridized carbons (Fsp3) is 0.560. The molecule has 27 heavy (non-hydrogen) atoms. The molecular weight excluding hydrogens is 332 g/mol. The minimum Gasteiger partial charge on any atom is -0.469 e. The predicted octanol–water partition coefficient (Wildman–Crippen LogP) is 7.64. The number of rotatable bonds is 17. The molecular formula is C25H40O2. The first-order valence-corrected chi connectivity index (χ1v) is 10.6. The Kier molecular flexibility index (Phi) is 20.7. The molecule has 0 atom stereocenters. The molecule has 0 fully saturated rings. The van der Waals surface area contributed by atoms with Gasteiger partial charge in [0.05, 0.1) is 7.11 Å². The highest BCUT2D eigenvalue weighted by atomic mass is 16.5. The highest BCUT2D eigenvalue weighted by molar-refractivity contribution is 5.68. The molecule has 0 aliphatic heterocycles. The summed E-state index contributed by atoms with van der Waals surface area (Å²) in [5.74, 6) is -0.0891. The van der Waals surface area contributed by atoms with E-state index >= 15 is 0 Å². The lowest BCUT2D eigenvalue weighted by Crippen LogP contribution is -1.98. The smallest absolute Gasteiger partial charge is 0.305 e. The van der Waals surface area contributed by atoms with E-state index < -0.39 is 0 Å². The molecule has 0 saturated carbocycles. The molecule has 2 heteroatoms. The second-order valence-electron chi connectivity index (χ2n) is 6.59. The lowest BCUT2D eigenvalue weighted by atomic mass is 10.1. The van der Waals surface area contributed by atoms with E-state index in [1.807, 2.05) is 0 Å². The number of carbonyl (C=O) groups is 1. The second-order valence-corrected chi connectivity index (χ2v) is 6.59. The van der Waals surface area contributed by atoms with E-state index in [0.29, 0.717) is 6.42 Å². The molecule has 2 nitrogen and oxygen atoms in total. The van der Waals surface area contributed by atoms with E-state index in [-0.39, 0.29) is 5.97 Å². The summed E-state index contributed by atoms with van der Waals surface area (Å²) >= 11 is 0. The summed E-state index contributed by atoms with van der Waals surface area (Å²) in [5, 5.41) is 0. The van der Waals surface area contributed by atoms with Gasteiger partial charge in [-0.1, -0.05) is 86.9 Å².